The smallest absolute Gasteiger partial charge is 0.137 e. The van der Waals surface area contributed by atoms with Crippen molar-refractivity contribution < 1.29 is 4.74 Å². The van der Waals surface area contributed by atoms with E-state index in [4.69, 9.17) is 16.3 Å². The number of methoxy groups -OCH3 is 1. The van der Waals surface area contributed by atoms with Gasteiger partial charge in [-0.25, -0.2) is 4.98 Å². The molecule has 1 aromatic carbocycles. The summed E-state index contributed by atoms with van der Waals surface area (Å²) in [6.45, 7) is 0. The summed E-state index contributed by atoms with van der Waals surface area (Å²) in [6, 6.07) is 11.6. The van der Waals surface area contributed by atoms with Gasteiger partial charge < -0.3 is 4.74 Å². The van der Waals surface area contributed by atoms with Crippen LogP contribution in [-0.4, -0.2) is 17.1 Å². The van der Waals surface area contributed by atoms with E-state index in [0.29, 0.717) is 5.15 Å². The second-order valence-electron chi connectivity index (χ2n) is 4.12. The summed E-state index contributed by atoms with van der Waals surface area (Å²) < 4.78 is 5.23. The first kappa shape index (κ1) is 11.9. The van der Waals surface area contributed by atoms with Gasteiger partial charge in [-0.15, -0.1) is 0 Å². The Kier molecular flexibility index (Phi) is 3.05. The molecule has 0 aliphatic heterocycles. The third-order valence-electron chi connectivity index (χ3n) is 2.97. The number of benzene rings is 1. The molecule has 0 spiro atoms. The number of fused-ring (bicyclic) bond motifs is 1. The summed E-state index contributed by atoms with van der Waals surface area (Å²) in [4.78, 5) is 8.43. The predicted octanol–water partition coefficient (Wildman–Crippen LogP) is 3.96. The number of rotatable bonds is 2. The number of nitrogens with zero attached hydrogens (tertiary/aromatic N) is 2. The Morgan fingerprint density at radius 1 is 1.05 bits per heavy atom. The molecule has 94 valence electrons. The second kappa shape index (κ2) is 4.86. The van der Waals surface area contributed by atoms with Crippen molar-refractivity contribution in [1.82, 2.24) is 9.97 Å². The molecule has 3 rings (SSSR count). The van der Waals surface area contributed by atoms with Gasteiger partial charge in [0.15, 0.2) is 0 Å². The van der Waals surface area contributed by atoms with E-state index in [-0.39, 0.29) is 0 Å². The molecule has 3 nitrogen and oxygen atoms in total. The molecule has 0 bridgehead atoms. The number of aromatic nitrogens is 2. The molecular formula is C15H11ClN2O. The topological polar surface area (TPSA) is 35.0 Å². The van der Waals surface area contributed by atoms with Crippen LogP contribution in [0.5, 0.6) is 5.75 Å². The van der Waals surface area contributed by atoms with Gasteiger partial charge in [0, 0.05) is 23.3 Å². The normalized spacial score (nSPS) is 10.6. The standard InChI is InChI=1S/C15H11ClN2O/c1-19-12-2-3-13-11(8-12)9-14(18-15(13)16)10-4-6-17-7-5-10/h2-9H,1H3. The highest BCUT2D eigenvalue weighted by atomic mass is 35.5. The van der Waals surface area contributed by atoms with E-state index in [1.165, 1.54) is 0 Å². The number of hydrogen-bond donors (Lipinski definition) is 0. The highest BCUT2D eigenvalue weighted by Crippen LogP contribution is 2.29. The van der Waals surface area contributed by atoms with Gasteiger partial charge in [0.1, 0.15) is 10.9 Å². The predicted molar refractivity (Wildman–Crippen MR) is 76.5 cm³/mol. The lowest BCUT2D eigenvalue weighted by Crippen LogP contribution is -1.88. The van der Waals surface area contributed by atoms with Crippen LogP contribution in [0, 0.1) is 0 Å². The SMILES string of the molecule is COc1ccc2c(Cl)nc(-c3ccncc3)cc2c1. The van der Waals surface area contributed by atoms with Gasteiger partial charge in [0.25, 0.3) is 0 Å². The van der Waals surface area contributed by atoms with Crippen LogP contribution in [0.25, 0.3) is 22.0 Å². The van der Waals surface area contributed by atoms with Crippen molar-refractivity contribution in [2.75, 3.05) is 7.11 Å². The summed E-state index contributed by atoms with van der Waals surface area (Å²) in [5.74, 6) is 0.801. The van der Waals surface area contributed by atoms with Crippen LogP contribution in [0.3, 0.4) is 0 Å². The number of ether oxygens (including phenoxy) is 1. The Labute approximate surface area is 115 Å². The van der Waals surface area contributed by atoms with Gasteiger partial charge in [-0.05, 0) is 41.8 Å². The summed E-state index contributed by atoms with van der Waals surface area (Å²) in [6.07, 6.45) is 3.47. The minimum absolute atomic E-state index is 0.493. The van der Waals surface area contributed by atoms with Crippen LogP contribution in [0.15, 0.2) is 48.8 Å². The maximum Gasteiger partial charge on any atom is 0.137 e. The number of halogens is 1. The molecule has 0 fully saturated rings. The largest absolute Gasteiger partial charge is 0.497 e. The van der Waals surface area contributed by atoms with E-state index in [1.807, 2.05) is 36.4 Å². The van der Waals surface area contributed by atoms with Gasteiger partial charge in [-0.2, -0.15) is 0 Å². The summed E-state index contributed by atoms with van der Waals surface area (Å²) in [7, 11) is 1.65. The maximum atomic E-state index is 6.24. The van der Waals surface area contributed by atoms with Crippen molar-refractivity contribution in [3.8, 4) is 17.0 Å². The fraction of sp³-hybridized carbons (Fsp3) is 0.0667. The van der Waals surface area contributed by atoms with Crippen molar-refractivity contribution in [2.45, 2.75) is 0 Å². The van der Waals surface area contributed by atoms with Gasteiger partial charge >= 0.3 is 0 Å². The fourth-order valence-corrected chi connectivity index (χ4v) is 2.25. The molecule has 3 aromatic rings. The molecule has 0 amide bonds. The van der Waals surface area contributed by atoms with Gasteiger partial charge in [-0.1, -0.05) is 11.6 Å². The van der Waals surface area contributed by atoms with E-state index in [0.717, 1.165) is 27.8 Å². The lowest BCUT2D eigenvalue weighted by Gasteiger charge is -2.07. The monoisotopic (exact) mass is 270 g/mol. The third kappa shape index (κ3) is 2.25. The van der Waals surface area contributed by atoms with E-state index in [1.54, 1.807) is 19.5 Å². The second-order valence-corrected chi connectivity index (χ2v) is 4.48. The van der Waals surface area contributed by atoms with Crippen molar-refractivity contribution in [3.63, 3.8) is 0 Å². The van der Waals surface area contributed by atoms with Crippen LogP contribution < -0.4 is 4.74 Å². The summed E-state index contributed by atoms with van der Waals surface area (Å²) in [5, 5.41) is 2.42. The zero-order chi connectivity index (χ0) is 13.2. The molecule has 4 heteroatoms. The minimum Gasteiger partial charge on any atom is -0.497 e. The minimum atomic E-state index is 0.493. The highest BCUT2D eigenvalue weighted by molar-refractivity contribution is 6.34. The number of pyridine rings is 2. The van der Waals surface area contributed by atoms with Crippen LogP contribution in [0.2, 0.25) is 5.15 Å². The van der Waals surface area contributed by atoms with Crippen LogP contribution >= 0.6 is 11.6 Å². The highest BCUT2D eigenvalue weighted by Gasteiger charge is 2.07. The Morgan fingerprint density at radius 2 is 1.84 bits per heavy atom. The van der Waals surface area contributed by atoms with Gasteiger partial charge in [-0.3, -0.25) is 4.98 Å². The van der Waals surface area contributed by atoms with Crippen molar-refractivity contribution in [1.29, 1.82) is 0 Å². The van der Waals surface area contributed by atoms with Gasteiger partial charge in [0.2, 0.25) is 0 Å². The molecule has 0 atom stereocenters. The third-order valence-corrected chi connectivity index (χ3v) is 3.26. The van der Waals surface area contributed by atoms with Crippen molar-refractivity contribution in [3.05, 3.63) is 53.9 Å². The first-order valence-corrected chi connectivity index (χ1v) is 6.20. The Morgan fingerprint density at radius 3 is 2.58 bits per heavy atom. The molecule has 0 saturated heterocycles. The average molecular weight is 271 g/mol. The lowest BCUT2D eigenvalue weighted by atomic mass is 10.1. The number of hydrogen-bond acceptors (Lipinski definition) is 3. The Balaban J connectivity index is 2.23. The molecule has 0 N–H and O–H groups in total. The summed E-state index contributed by atoms with van der Waals surface area (Å²) >= 11 is 6.24. The zero-order valence-corrected chi connectivity index (χ0v) is 11.1. The first-order chi connectivity index (χ1) is 9.28. The molecule has 0 radical (unpaired) electrons. The average Bonchev–Trinajstić information content (AvgIpc) is 2.47. The van der Waals surface area contributed by atoms with E-state index in [9.17, 15) is 0 Å². The quantitative estimate of drug-likeness (QED) is 0.661. The lowest BCUT2D eigenvalue weighted by molar-refractivity contribution is 0.415. The van der Waals surface area contributed by atoms with Crippen LogP contribution in [-0.2, 0) is 0 Å². The molecule has 2 heterocycles. The molecule has 0 aliphatic carbocycles. The van der Waals surface area contributed by atoms with Crippen LogP contribution in [0.1, 0.15) is 0 Å². The molecule has 0 saturated carbocycles. The molecule has 0 aliphatic rings. The summed E-state index contributed by atoms with van der Waals surface area (Å²) in [5.41, 5.74) is 1.81. The van der Waals surface area contributed by atoms with Crippen molar-refractivity contribution in [2.24, 2.45) is 0 Å². The molecule has 0 unspecified atom stereocenters. The van der Waals surface area contributed by atoms with E-state index < -0.39 is 0 Å². The van der Waals surface area contributed by atoms with Crippen molar-refractivity contribution >= 4 is 22.4 Å². The zero-order valence-electron chi connectivity index (χ0n) is 10.3. The van der Waals surface area contributed by atoms with E-state index in [2.05, 4.69) is 9.97 Å². The molecule has 2 aromatic heterocycles. The first-order valence-electron chi connectivity index (χ1n) is 5.82. The fourth-order valence-electron chi connectivity index (χ4n) is 1.99. The molecule has 19 heavy (non-hydrogen) atoms. The Hall–Kier alpha value is -2.13. The van der Waals surface area contributed by atoms with E-state index >= 15 is 0 Å². The van der Waals surface area contributed by atoms with Gasteiger partial charge in [0.05, 0.1) is 12.8 Å². The Bertz CT molecular complexity index is 729. The van der Waals surface area contributed by atoms with Crippen LogP contribution in [0.4, 0.5) is 0 Å². The molecular weight excluding hydrogens is 260 g/mol. The maximum absolute atomic E-state index is 6.24.